The highest BCUT2D eigenvalue weighted by molar-refractivity contribution is 5.39. The van der Waals surface area contributed by atoms with Gasteiger partial charge in [0.2, 0.25) is 0 Å². The predicted molar refractivity (Wildman–Crippen MR) is 73.7 cm³/mol. The minimum absolute atomic E-state index is 0.0649. The topological polar surface area (TPSA) is 39.6 Å². The molecule has 0 bridgehead atoms. The zero-order valence-corrected chi connectivity index (χ0v) is 11.3. The SMILES string of the molecule is CC(C)CN1CCN(c2ccc(CO)cn2)CC1. The largest absolute Gasteiger partial charge is 0.392 e. The van der Waals surface area contributed by atoms with Crippen LogP contribution < -0.4 is 4.90 Å². The van der Waals surface area contributed by atoms with Crippen molar-refractivity contribution in [1.29, 1.82) is 0 Å². The van der Waals surface area contributed by atoms with Crippen LogP contribution in [0, 0.1) is 5.92 Å². The van der Waals surface area contributed by atoms with Crippen molar-refractivity contribution in [2.75, 3.05) is 37.6 Å². The van der Waals surface area contributed by atoms with Gasteiger partial charge >= 0.3 is 0 Å². The van der Waals surface area contributed by atoms with Crippen molar-refractivity contribution in [3.05, 3.63) is 23.9 Å². The van der Waals surface area contributed by atoms with Gasteiger partial charge in [-0.25, -0.2) is 4.98 Å². The number of pyridine rings is 1. The Hall–Kier alpha value is -1.13. The minimum atomic E-state index is 0.0649. The second-order valence-electron chi connectivity index (χ2n) is 5.36. The Labute approximate surface area is 109 Å². The molecule has 0 unspecified atom stereocenters. The van der Waals surface area contributed by atoms with Crippen LogP contribution in [0.15, 0.2) is 18.3 Å². The standard InChI is InChI=1S/C14H23N3O/c1-12(2)10-16-5-7-17(8-6-16)14-4-3-13(11-18)9-15-14/h3-4,9,12,18H,5-8,10-11H2,1-2H3. The van der Waals surface area contributed by atoms with E-state index in [2.05, 4.69) is 28.6 Å². The summed E-state index contributed by atoms with van der Waals surface area (Å²) in [4.78, 5) is 9.24. The first-order valence-corrected chi connectivity index (χ1v) is 6.72. The van der Waals surface area contributed by atoms with Crippen molar-refractivity contribution in [3.63, 3.8) is 0 Å². The van der Waals surface area contributed by atoms with Crippen molar-refractivity contribution in [1.82, 2.24) is 9.88 Å². The molecule has 18 heavy (non-hydrogen) atoms. The molecule has 1 aromatic rings. The second kappa shape index (κ2) is 6.16. The van der Waals surface area contributed by atoms with E-state index in [-0.39, 0.29) is 6.61 Å². The van der Waals surface area contributed by atoms with Gasteiger partial charge in [0.1, 0.15) is 5.82 Å². The maximum absolute atomic E-state index is 9.00. The van der Waals surface area contributed by atoms with Gasteiger partial charge in [0.05, 0.1) is 6.61 Å². The molecule has 2 heterocycles. The fraction of sp³-hybridized carbons (Fsp3) is 0.643. The summed E-state index contributed by atoms with van der Waals surface area (Å²) in [5, 5.41) is 9.00. The van der Waals surface area contributed by atoms with Crippen LogP contribution in [0.25, 0.3) is 0 Å². The van der Waals surface area contributed by atoms with Gasteiger partial charge in [0, 0.05) is 38.9 Å². The first kappa shape index (κ1) is 13.3. The van der Waals surface area contributed by atoms with E-state index in [4.69, 9.17) is 5.11 Å². The van der Waals surface area contributed by atoms with Crippen LogP contribution >= 0.6 is 0 Å². The van der Waals surface area contributed by atoms with Crippen LogP contribution in [0.4, 0.5) is 5.82 Å². The Kier molecular flexibility index (Phi) is 4.55. The normalized spacial score (nSPS) is 17.4. The lowest BCUT2D eigenvalue weighted by molar-refractivity contribution is 0.231. The third-order valence-corrected chi connectivity index (χ3v) is 3.31. The molecule has 0 radical (unpaired) electrons. The lowest BCUT2D eigenvalue weighted by atomic mass is 10.2. The average Bonchev–Trinajstić information content (AvgIpc) is 2.39. The van der Waals surface area contributed by atoms with E-state index in [9.17, 15) is 0 Å². The molecule has 1 aliphatic heterocycles. The van der Waals surface area contributed by atoms with Gasteiger partial charge in [-0.15, -0.1) is 0 Å². The van der Waals surface area contributed by atoms with E-state index in [1.165, 1.54) is 6.54 Å². The summed E-state index contributed by atoms with van der Waals surface area (Å²) in [5.74, 6) is 1.76. The Balaban J connectivity index is 1.88. The van der Waals surface area contributed by atoms with Crippen molar-refractivity contribution >= 4 is 5.82 Å². The molecule has 100 valence electrons. The van der Waals surface area contributed by atoms with Crippen LogP contribution in [0.5, 0.6) is 0 Å². The number of hydrogen-bond acceptors (Lipinski definition) is 4. The average molecular weight is 249 g/mol. The van der Waals surface area contributed by atoms with Crippen LogP contribution in [-0.4, -0.2) is 47.7 Å². The van der Waals surface area contributed by atoms with Crippen molar-refractivity contribution in [2.45, 2.75) is 20.5 Å². The van der Waals surface area contributed by atoms with E-state index in [0.29, 0.717) is 0 Å². The van der Waals surface area contributed by atoms with Gasteiger partial charge in [0.25, 0.3) is 0 Å². The monoisotopic (exact) mass is 249 g/mol. The molecule has 0 amide bonds. The Morgan fingerprint density at radius 1 is 1.22 bits per heavy atom. The van der Waals surface area contributed by atoms with E-state index < -0.39 is 0 Å². The molecule has 1 fully saturated rings. The maximum atomic E-state index is 9.00. The summed E-state index contributed by atoms with van der Waals surface area (Å²) in [7, 11) is 0. The fourth-order valence-corrected chi connectivity index (χ4v) is 2.37. The zero-order chi connectivity index (χ0) is 13.0. The number of piperazine rings is 1. The van der Waals surface area contributed by atoms with Gasteiger partial charge in [-0.3, -0.25) is 4.90 Å². The molecule has 1 aliphatic rings. The first-order valence-electron chi connectivity index (χ1n) is 6.72. The maximum Gasteiger partial charge on any atom is 0.128 e. The van der Waals surface area contributed by atoms with Gasteiger partial charge in [0.15, 0.2) is 0 Å². The molecular weight excluding hydrogens is 226 g/mol. The third kappa shape index (κ3) is 3.43. The second-order valence-corrected chi connectivity index (χ2v) is 5.36. The molecule has 0 aliphatic carbocycles. The molecule has 2 rings (SSSR count). The molecule has 0 saturated carbocycles. The smallest absolute Gasteiger partial charge is 0.128 e. The van der Waals surface area contributed by atoms with Gasteiger partial charge in [-0.1, -0.05) is 19.9 Å². The van der Waals surface area contributed by atoms with Crippen LogP contribution in [0.1, 0.15) is 19.4 Å². The minimum Gasteiger partial charge on any atom is -0.392 e. The predicted octanol–water partition coefficient (Wildman–Crippen LogP) is 1.35. The summed E-state index contributed by atoms with van der Waals surface area (Å²) < 4.78 is 0. The van der Waals surface area contributed by atoms with E-state index in [1.807, 2.05) is 12.1 Å². The van der Waals surface area contributed by atoms with Crippen molar-refractivity contribution in [3.8, 4) is 0 Å². The highest BCUT2D eigenvalue weighted by atomic mass is 16.3. The van der Waals surface area contributed by atoms with Crippen molar-refractivity contribution in [2.24, 2.45) is 5.92 Å². The molecular formula is C14H23N3O. The lowest BCUT2D eigenvalue weighted by Gasteiger charge is -2.36. The molecule has 0 atom stereocenters. The summed E-state index contributed by atoms with van der Waals surface area (Å²) >= 11 is 0. The molecule has 0 spiro atoms. The van der Waals surface area contributed by atoms with Gasteiger partial charge in [-0.2, -0.15) is 0 Å². The summed E-state index contributed by atoms with van der Waals surface area (Å²) in [5.41, 5.74) is 0.872. The zero-order valence-electron chi connectivity index (χ0n) is 11.3. The third-order valence-electron chi connectivity index (χ3n) is 3.31. The number of anilines is 1. The molecule has 1 saturated heterocycles. The molecule has 4 nitrogen and oxygen atoms in total. The Morgan fingerprint density at radius 3 is 2.44 bits per heavy atom. The summed E-state index contributed by atoms with van der Waals surface area (Å²) in [6.45, 7) is 10.1. The van der Waals surface area contributed by atoms with E-state index in [1.54, 1.807) is 6.20 Å². The van der Waals surface area contributed by atoms with Crippen LogP contribution in [0.2, 0.25) is 0 Å². The highest BCUT2D eigenvalue weighted by Gasteiger charge is 2.18. The number of aliphatic hydroxyl groups is 1. The fourth-order valence-electron chi connectivity index (χ4n) is 2.37. The van der Waals surface area contributed by atoms with Crippen LogP contribution in [-0.2, 0) is 6.61 Å². The van der Waals surface area contributed by atoms with E-state index >= 15 is 0 Å². The van der Waals surface area contributed by atoms with Gasteiger partial charge < -0.3 is 10.0 Å². The molecule has 1 N–H and O–H groups in total. The lowest BCUT2D eigenvalue weighted by Crippen LogP contribution is -2.47. The number of hydrogen-bond donors (Lipinski definition) is 1. The van der Waals surface area contributed by atoms with Crippen molar-refractivity contribution < 1.29 is 5.11 Å². The quantitative estimate of drug-likeness (QED) is 0.874. The first-order chi connectivity index (χ1) is 8.69. The van der Waals surface area contributed by atoms with Crippen LogP contribution in [0.3, 0.4) is 0 Å². The number of aromatic nitrogens is 1. The number of aliphatic hydroxyl groups excluding tert-OH is 1. The highest BCUT2D eigenvalue weighted by Crippen LogP contribution is 2.14. The molecule has 1 aromatic heterocycles. The molecule has 4 heteroatoms. The number of rotatable bonds is 4. The summed E-state index contributed by atoms with van der Waals surface area (Å²) in [6.07, 6.45) is 1.76. The van der Waals surface area contributed by atoms with E-state index in [0.717, 1.165) is 43.5 Å². The van der Waals surface area contributed by atoms with Gasteiger partial charge in [-0.05, 0) is 17.5 Å². The molecule has 0 aromatic carbocycles. The number of nitrogens with zero attached hydrogens (tertiary/aromatic N) is 3. The Bertz CT molecular complexity index is 356. The summed E-state index contributed by atoms with van der Waals surface area (Å²) in [6, 6.07) is 3.95. The Morgan fingerprint density at radius 2 is 1.94 bits per heavy atom.